The second-order valence-corrected chi connectivity index (χ2v) is 5.15. The average molecular weight is 288 g/mol. The molecule has 0 saturated heterocycles. The van der Waals surface area contributed by atoms with Gasteiger partial charge in [-0.05, 0) is 23.2 Å². The van der Waals surface area contributed by atoms with Crippen molar-refractivity contribution >= 4 is 34.4 Å². The van der Waals surface area contributed by atoms with E-state index in [4.69, 9.17) is 23.2 Å². The Bertz CT molecular complexity index is 492. The van der Waals surface area contributed by atoms with Gasteiger partial charge < -0.3 is 4.55 Å². The lowest BCUT2D eigenvalue weighted by molar-refractivity contribution is 0.584. The molecule has 17 heavy (non-hydrogen) atoms. The molecule has 1 aromatic carbocycles. The zero-order valence-corrected chi connectivity index (χ0v) is 10.8. The highest BCUT2D eigenvalue weighted by Gasteiger charge is 2.17. The molecule has 0 bridgehead atoms. The number of aromatic nitrogens is 3. The summed E-state index contributed by atoms with van der Waals surface area (Å²) in [6.07, 6.45) is 0. The largest absolute Gasteiger partial charge is 0.609 e. The molecule has 0 aliphatic heterocycles. The van der Waals surface area contributed by atoms with E-state index in [0.717, 1.165) is 5.56 Å². The number of rotatable bonds is 3. The third-order valence-corrected chi connectivity index (χ3v) is 3.43. The van der Waals surface area contributed by atoms with E-state index < -0.39 is 11.2 Å². The number of benzene rings is 1. The van der Waals surface area contributed by atoms with Crippen molar-refractivity contribution in [3.05, 3.63) is 46.5 Å². The van der Waals surface area contributed by atoms with Crippen LogP contribution in [0.1, 0.15) is 5.56 Å². The van der Waals surface area contributed by atoms with Gasteiger partial charge in [-0.2, -0.15) is 15.0 Å². The van der Waals surface area contributed by atoms with Crippen molar-refractivity contribution < 1.29 is 4.55 Å². The summed E-state index contributed by atoms with van der Waals surface area (Å²) in [7, 11) is 0. The normalized spacial score (nSPS) is 12.4. The topological polar surface area (TPSA) is 61.7 Å². The minimum Gasteiger partial charge on any atom is -0.609 e. The third-order valence-electron chi connectivity index (χ3n) is 1.90. The summed E-state index contributed by atoms with van der Waals surface area (Å²) in [4.78, 5) is 11.2. The minimum absolute atomic E-state index is 0.0542. The molecule has 0 amide bonds. The van der Waals surface area contributed by atoms with Crippen molar-refractivity contribution in [3.63, 3.8) is 0 Å². The summed E-state index contributed by atoms with van der Waals surface area (Å²) < 4.78 is 12.0. The Kier molecular flexibility index (Phi) is 4.17. The van der Waals surface area contributed by atoms with Gasteiger partial charge in [-0.3, -0.25) is 0 Å². The van der Waals surface area contributed by atoms with Crippen LogP contribution in [0.4, 0.5) is 0 Å². The van der Waals surface area contributed by atoms with Crippen LogP contribution in [0.3, 0.4) is 0 Å². The van der Waals surface area contributed by atoms with Gasteiger partial charge in [0.15, 0.2) is 0 Å². The van der Waals surface area contributed by atoms with Gasteiger partial charge in [0.2, 0.25) is 10.6 Å². The monoisotopic (exact) mass is 287 g/mol. The van der Waals surface area contributed by atoms with Crippen molar-refractivity contribution in [3.8, 4) is 0 Å². The third kappa shape index (κ3) is 3.54. The zero-order chi connectivity index (χ0) is 12.3. The summed E-state index contributed by atoms with van der Waals surface area (Å²) in [6, 6.07) is 9.40. The summed E-state index contributed by atoms with van der Waals surface area (Å²) in [6.45, 7) is 0. The molecule has 0 aliphatic carbocycles. The molecular weight excluding hydrogens is 281 g/mol. The van der Waals surface area contributed by atoms with Crippen molar-refractivity contribution in [2.24, 2.45) is 0 Å². The molecule has 0 spiro atoms. The average Bonchev–Trinajstić information content (AvgIpc) is 2.29. The van der Waals surface area contributed by atoms with Crippen LogP contribution in [0.25, 0.3) is 0 Å². The fraction of sp³-hybridized carbons (Fsp3) is 0.100. The number of hydrogen-bond acceptors (Lipinski definition) is 4. The number of hydrogen-bond donors (Lipinski definition) is 0. The first-order valence-corrected chi connectivity index (χ1v) is 6.72. The van der Waals surface area contributed by atoms with Crippen LogP contribution in [-0.2, 0) is 16.9 Å². The van der Waals surface area contributed by atoms with Crippen molar-refractivity contribution in [2.45, 2.75) is 10.9 Å². The van der Waals surface area contributed by atoms with Crippen LogP contribution in [0.15, 0.2) is 35.5 Å². The van der Waals surface area contributed by atoms with Gasteiger partial charge in [-0.25, -0.2) is 0 Å². The summed E-state index contributed by atoms with van der Waals surface area (Å²) in [5, 5.41) is -0.0123. The molecule has 1 aromatic heterocycles. The zero-order valence-electron chi connectivity index (χ0n) is 8.51. The van der Waals surface area contributed by atoms with Gasteiger partial charge in [0, 0.05) is 16.7 Å². The lowest BCUT2D eigenvalue weighted by Gasteiger charge is -2.08. The molecule has 0 radical (unpaired) electrons. The molecule has 2 aromatic rings. The Labute approximate surface area is 111 Å². The molecule has 2 rings (SSSR count). The summed E-state index contributed by atoms with van der Waals surface area (Å²) >= 11 is 9.85. The maximum atomic E-state index is 12.0. The van der Waals surface area contributed by atoms with Gasteiger partial charge in [0.1, 0.15) is 5.75 Å². The lowest BCUT2D eigenvalue weighted by Crippen LogP contribution is -2.10. The van der Waals surface area contributed by atoms with Crippen LogP contribution in [0.2, 0.25) is 10.6 Å². The summed E-state index contributed by atoms with van der Waals surface area (Å²) in [5.41, 5.74) is 0.929. The SMILES string of the molecule is [O-][S+](Cc1ccccc1)c1nc(Cl)nc(Cl)n1. The number of nitrogens with zero attached hydrogens (tertiary/aromatic N) is 3. The maximum Gasteiger partial charge on any atom is 0.348 e. The number of halogens is 2. The minimum atomic E-state index is -1.39. The summed E-state index contributed by atoms with van der Waals surface area (Å²) in [5.74, 6) is 0.317. The van der Waals surface area contributed by atoms with Crippen molar-refractivity contribution in [1.82, 2.24) is 15.0 Å². The first-order valence-electron chi connectivity index (χ1n) is 4.64. The molecule has 4 nitrogen and oxygen atoms in total. The van der Waals surface area contributed by atoms with E-state index in [1.54, 1.807) is 0 Å². The second-order valence-electron chi connectivity index (χ2n) is 3.13. The molecule has 7 heteroatoms. The van der Waals surface area contributed by atoms with E-state index >= 15 is 0 Å². The first-order chi connectivity index (χ1) is 8.15. The van der Waals surface area contributed by atoms with Crippen LogP contribution in [-0.4, -0.2) is 19.5 Å². The van der Waals surface area contributed by atoms with Gasteiger partial charge in [0.25, 0.3) is 0 Å². The van der Waals surface area contributed by atoms with E-state index in [1.807, 2.05) is 30.3 Å². The maximum absolute atomic E-state index is 12.0. The molecule has 1 heterocycles. The van der Waals surface area contributed by atoms with E-state index in [1.165, 1.54) is 0 Å². The van der Waals surface area contributed by atoms with Crippen LogP contribution in [0.5, 0.6) is 0 Å². The molecule has 0 fully saturated rings. The van der Waals surface area contributed by atoms with Crippen LogP contribution in [0, 0.1) is 0 Å². The van der Waals surface area contributed by atoms with Gasteiger partial charge >= 0.3 is 5.16 Å². The van der Waals surface area contributed by atoms with Gasteiger partial charge in [-0.1, -0.05) is 30.3 Å². The van der Waals surface area contributed by atoms with E-state index in [9.17, 15) is 4.55 Å². The van der Waals surface area contributed by atoms with Gasteiger partial charge in [-0.15, -0.1) is 0 Å². The smallest absolute Gasteiger partial charge is 0.348 e. The molecule has 0 saturated carbocycles. The standard InChI is InChI=1S/C10H7Cl2N3OS/c11-8-13-9(12)15-10(14-8)17(16)6-7-4-2-1-3-5-7/h1-5H,6H2. The van der Waals surface area contributed by atoms with Crippen molar-refractivity contribution in [1.29, 1.82) is 0 Å². The Balaban J connectivity index is 2.17. The second kappa shape index (κ2) is 5.64. The highest BCUT2D eigenvalue weighted by Crippen LogP contribution is 2.15. The van der Waals surface area contributed by atoms with E-state index in [0.29, 0.717) is 5.75 Å². The molecule has 1 unspecified atom stereocenters. The Morgan fingerprint density at radius 3 is 2.18 bits per heavy atom. The van der Waals surface area contributed by atoms with Gasteiger partial charge in [0.05, 0.1) is 0 Å². The molecular formula is C10H7Cl2N3OS. The fourth-order valence-corrected chi connectivity index (χ4v) is 2.67. The lowest BCUT2D eigenvalue weighted by atomic mass is 10.2. The van der Waals surface area contributed by atoms with Crippen LogP contribution >= 0.6 is 23.2 Å². The van der Waals surface area contributed by atoms with Crippen molar-refractivity contribution in [2.75, 3.05) is 0 Å². The highest BCUT2D eigenvalue weighted by atomic mass is 35.5. The Hall–Kier alpha value is -0.880. The molecule has 0 N–H and O–H groups in total. The predicted octanol–water partition coefficient (Wildman–Crippen LogP) is 2.49. The Morgan fingerprint density at radius 1 is 1.00 bits per heavy atom. The predicted molar refractivity (Wildman–Crippen MR) is 66.4 cm³/mol. The van der Waals surface area contributed by atoms with E-state index in [2.05, 4.69) is 15.0 Å². The molecule has 0 aliphatic rings. The first kappa shape index (κ1) is 12.6. The Morgan fingerprint density at radius 2 is 1.59 bits per heavy atom. The van der Waals surface area contributed by atoms with Crippen LogP contribution < -0.4 is 0 Å². The van der Waals surface area contributed by atoms with E-state index in [-0.39, 0.29) is 15.7 Å². The molecule has 88 valence electrons. The quantitative estimate of drug-likeness (QED) is 0.814. The highest BCUT2D eigenvalue weighted by molar-refractivity contribution is 7.90. The molecule has 1 atom stereocenters. The fourth-order valence-electron chi connectivity index (χ4n) is 1.20.